The monoisotopic (exact) mass is 254 g/mol. The summed E-state index contributed by atoms with van der Waals surface area (Å²) in [5.41, 5.74) is 0.480. The number of carbonyl (C=O) groups is 1. The van der Waals surface area contributed by atoms with Gasteiger partial charge in [0.15, 0.2) is 6.29 Å². The number of hydrogen-bond donors (Lipinski definition) is 0. The van der Waals surface area contributed by atoms with E-state index < -0.39 is 0 Å². The number of carbonyl (C=O) groups excluding carboxylic acids is 1. The van der Waals surface area contributed by atoms with Gasteiger partial charge in [-0.2, -0.15) is 0 Å². The van der Waals surface area contributed by atoms with E-state index in [1.807, 2.05) is 0 Å². The summed E-state index contributed by atoms with van der Waals surface area (Å²) in [5, 5.41) is 0.419. The molecule has 0 saturated carbocycles. The Morgan fingerprint density at radius 3 is 3.00 bits per heavy atom. The Balaban J connectivity index is 1.90. The van der Waals surface area contributed by atoms with Crippen molar-refractivity contribution in [3.63, 3.8) is 0 Å². The number of hydrogen-bond acceptors (Lipinski definition) is 3. The van der Waals surface area contributed by atoms with E-state index in [0.29, 0.717) is 22.9 Å². The third-order valence-electron chi connectivity index (χ3n) is 2.81. The molecule has 0 aromatic heterocycles. The van der Waals surface area contributed by atoms with Crippen molar-refractivity contribution in [1.29, 1.82) is 0 Å². The molecule has 0 spiro atoms. The fourth-order valence-electron chi connectivity index (χ4n) is 1.82. The normalized spacial score (nSPS) is 19.9. The van der Waals surface area contributed by atoms with Gasteiger partial charge in [0.05, 0.1) is 11.1 Å². The van der Waals surface area contributed by atoms with E-state index >= 15 is 0 Å². The van der Waals surface area contributed by atoms with E-state index in [4.69, 9.17) is 21.1 Å². The van der Waals surface area contributed by atoms with Crippen molar-refractivity contribution in [2.24, 2.45) is 0 Å². The highest BCUT2D eigenvalue weighted by atomic mass is 35.5. The summed E-state index contributed by atoms with van der Waals surface area (Å²) < 4.78 is 11.2. The molecule has 17 heavy (non-hydrogen) atoms. The summed E-state index contributed by atoms with van der Waals surface area (Å²) in [6.45, 7) is 1.36. The van der Waals surface area contributed by atoms with E-state index in [9.17, 15) is 4.79 Å². The molecule has 1 aromatic carbocycles. The summed E-state index contributed by atoms with van der Waals surface area (Å²) in [6, 6.07) is 5.07. The highest BCUT2D eigenvalue weighted by Gasteiger charge is 2.14. The third-order valence-corrected chi connectivity index (χ3v) is 3.14. The zero-order chi connectivity index (χ0) is 12.1. The minimum Gasteiger partial charge on any atom is -0.491 e. The maximum absolute atomic E-state index is 10.6. The van der Waals surface area contributed by atoms with Gasteiger partial charge < -0.3 is 9.47 Å². The molecule has 3 nitrogen and oxygen atoms in total. The summed E-state index contributed by atoms with van der Waals surface area (Å²) in [7, 11) is 0. The first-order chi connectivity index (χ1) is 8.29. The highest BCUT2D eigenvalue weighted by Crippen LogP contribution is 2.22. The second-order valence-electron chi connectivity index (χ2n) is 4.10. The Labute approximate surface area is 106 Å². The minimum absolute atomic E-state index is 0.174. The SMILES string of the molecule is O=Cc1ccc(OCC2CCCCO2)cc1Cl. The average molecular weight is 255 g/mol. The van der Waals surface area contributed by atoms with Crippen molar-refractivity contribution in [1.82, 2.24) is 0 Å². The molecule has 4 heteroatoms. The van der Waals surface area contributed by atoms with Gasteiger partial charge in [-0.25, -0.2) is 0 Å². The fraction of sp³-hybridized carbons (Fsp3) is 0.462. The first kappa shape index (κ1) is 12.4. The van der Waals surface area contributed by atoms with Gasteiger partial charge >= 0.3 is 0 Å². The van der Waals surface area contributed by atoms with Crippen LogP contribution in [0.15, 0.2) is 18.2 Å². The third kappa shape index (κ3) is 3.45. The summed E-state index contributed by atoms with van der Waals surface area (Å²) >= 11 is 5.91. The topological polar surface area (TPSA) is 35.5 Å². The molecule has 0 aliphatic carbocycles. The zero-order valence-corrected chi connectivity index (χ0v) is 10.3. The van der Waals surface area contributed by atoms with E-state index in [1.165, 1.54) is 6.42 Å². The van der Waals surface area contributed by atoms with Crippen LogP contribution >= 0.6 is 11.6 Å². The largest absolute Gasteiger partial charge is 0.491 e. The Morgan fingerprint density at radius 2 is 2.35 bits per heavy atom. The van der Waals surface area contributed by atoms with Gasteiger partial charge in [-0.1, -0.05) is 11.6 Å². The van der Waals surface area contributed by atoms with Crippen LogP contribution in [0.25, 0.3) is 0 Å². The quantitative estimate of drug-likeness (QED) is 0.775. The summed E-state index contributed by atoms with van der Waals surface area (Å²) in [6.07, 6.45) is 4.28. The molecule has 1 unspecified atom stereocenters. The molecular weight excluding hydrogens is 240 g/mol. The van der Waals surface area contributed by atoms with Crippen molar-refractivity contribution in [3.8, 4) is 5.75 Å². The van der Waals surface area contributed by atoms with E-state index in [2.05, 4.69) is 0 Å². The van der Waals surface area contributed by atoms with Gasteiger partial charge in [0.25, 0.3) is 0 Å². The standard InChI is InChI=1S/C13H15ClO3/c14-13-7-11(5-4-10(13)8-15)17-9-12-3-1-2-6-16-12/h4-5,7-8,12H,1-3,6,9H2. The van der Waals surface area contributed by atoms with Crippen LogP contribution in [-0.2, 0) is 4.74 Å². The van der Waals surface area contributed by atoms with Crippen molar-refractivity contribution in [3.05, 3.63) is 28.8 Å². The predicted molar refractivity (Wildman–Crippen MR) is 65.9 cm³/mol. The predicted octanol–water partition coefficient (Wildman–Crippen LogP) is 3.10. The molecule has 1 heterocycles. The van der Waals surface area contributed by atoms with Crippen molar-refractivity contribution < 1.29 is 14.3 Å². The van der Waals surface area contributed by atoms with Gasteiger partial charge in [0, 0.05) is 12.2 Å². The maximum atomic E-state index is 10.6. The molecule has 1 fully saturated rings. The van der Waals surface area contributed by atoms with Gasteiger partial charge in [-0.15, -0.1) is 0 Å². The van der Waals surface area contributed by atoms with Gasteiger partial charge in [-0.05, 0) is 37.5 Å². The smallest absolute Gasteiger partial charge is 0.151 e. The lowest BCUT2D eigenvalue weighted by molar-refractivity contribution is -0.0110. The lowest BCUT2D eigenvalue weighted by atomic mass is 10.1. The first-order valence-electron chi connectivity index (χ1n) is 5.79. The summed E-state index contributed by atoms with van der Waals surface area (Å²) in [5.74, 6) is 0.676. The Kier molecular flexibility index (Phi) is 4.40. The lowest BCUT2D eigenvalue weighted by Gasteiger charge is -2.22. The first-order valence-corrected chi connectivity index (χ1v) is 6.16. The fourth-order valence-corrected chi connectivity index (χ4v) is 2.04. The zero-order valence-electron chi connectivity index (χ0n) is 9.52. The highest BCUT2D eigenvalue weighted by molar-refractivity contribution is 6.33. The molecule has 0 radical (unpaired) electrons. The number of halogens is 1. The van der Waals surface area contributed by atoms with E-state index in [0.717, 1.165) is 25.7 Å². The number of benzene rings is 1. The second-order valence-corrected chi connectivity index (χ2v) is 4.51. The number of ether oxygens (including phenoxy) is 2. The van der Waals surface area contributed by atoms with Crippen molar-refractivity contribution >= 4 is 17.9 Å². The summed E-state index contributed by atoms with van der Waals surface area (Å²) in [4.78, 5) is 10.6. The van der Waals surface area contributed by atoms with Crippen LogP contribution in [-0.4, -0.2) is 25.6 Å². The average Bonchev–Trinajstić information content (AvgIpc) is 2.38. The molecule has 1 aliphatic rings. The maximum Gasteiger partial charge on any atom is 0.151 e. The second kappa shape index (κ2) is 6.03. The minimum atomic E-state index is 0.174. The van der Waals surface area contributed by atoms with Crippen LogP contribution in [0.1, 0.15) is 29.6 Å². The lowest BCUT2D eigenvalue weighted by Crippen LogP contribution is -2.25. The molecule has 0 N–H and O–H groups in total. The van der Waals surface area contributed by atoms with Gasteiger partial charge in [0.2, 0.25) is 0 Å². The van der Waals surface area contributed by atoms with Crippen LogP contribution in [0.3, 0.4) is 0 Å². The van der Waals surface area contributed by atoms with E-state index in [-0.39, 0.29) is 6.10 Å². The molecule has 92 valence electrons. The molecule has 0 bridgehead atoms. The number of rotatable bonds is 4. The van der Waals surface area contributed by atoms with Gasteiger partial charge in [0.1, 0.15) is 12.4 Å². The Morgan fingerprint density at radius 1 is 1.47 bits per heavy atom. The van der Waals surface area contributed by atoms with Crippen LogP contribution in [0.2, 0.25) is 5.02 Å². The van der Waals surface area contributed by atoms with Crippen LogP contribution < -0.4 is 4.74 Å². The van der Waals surface area contributed by atoms with Gasteiger partial charge in [-0.3, -0.25) is 4.79 Å². The molecule has 2 rings (SSSR count). The molecule has 1 aromatic rings. The molecule has 1 saturated heterocycles. The van der Waals surface area contributed by atoms with Crippen molar-refractivity contribution in [2.45, 2.75) is 25.4 Å². The molecule has 1 aliphatic heterocycles. The Hall–Kier alpha value is -1.06. The van der Waals surface area contributed by atoms with Crippen molar-refractivity contribution in [2.75, 3.05) is 13.2 Å². The van der Waals surface area contributed by atoms with Crippen LogP contribution in [0.4, 0.5) is 0 Å². The van der Waals surface area contributed by atoms with E-state index in [1.54, 1.807) is 18.2 Å². The molecule has 1 atom stereocenters. The molecular formula is C13H15ClO3. The van der Waals surface area contributed by atoms with Crippen LogP contribution in [0, 0.1) is 0 Å². The number of aldehydes is 1. The molecule has 0 amide bonds. The Bertz CT molecular complexity index is 386. The van der Waals surface area contributed by atoms with Crippen LogP contribution in [0.5, 0.6) is 5.75 Å².